The molecule has 0 spiro atoms. The minimum atomic E-state index is -0.449. The standard InChI is InChI=1S/C60H47N4.Pt/c1-59(2,44-24-12-7-13-25-44)47-36-37-61-57(40-47)64-53-31-15-14-28-51(53)52-35-34-46(39-56(52)64)60(3,4)45-26-18-27-48(38-45)62-41-63(55-33-17-16-32-54(55)62)58-49(42-20-8-5-9-21-42)29-19-30-50(58)43-22-10-6-11-23-43;/h5-37,40-41H,1-4H3;/q-3;. The van der Waals surface area contributed by atoms with E-state index in [1.165, 1.54) is 38.8 Å². The van der Waals surface area contributed by atoms with Crippen molar-refractivity contribution in [2.75, 3.05) is 9.80 Å². The van der Waals surface area contributed by atoms with E-state index in [1.807, 2.05) is 6.20 Å². The molecular formula is C60H47N4Pt-3. The van der Waals surface area contributed by atoms with Crippen molar-refractivity contribution in [3.63, 3.8) is 0 Å². The Balaban J connectivity index is 0.00000498. The average Bonchev–Trinajstić information content (AvgIpc) is 3.91. The normalized spacial score (nSPS) is 12.7. The molecule has 320 valence electrons. The fraction of sp³-hybridized carbons (Fsp3) is 0.100. The molecular weight excluding hydrogens is 972 g/mol. The largest absolute Gasteiger partial charge is 0.493 e. The topological polar surface area (TPSA) is 24.3 Å². The van der Waals surface area contributed by atoms with Crippen LogP contribution < -0.4 is 9.80 Å². The number of anilines is 4. The smallest absolute Gasteiger partial charge is 0.135 e. The summed E-state index contributed by atoms with van der Waals surface area (Å²) in [7, 11) is 0. The van der Waals surface area contributed by atoms with Crippen molar-refractivity contribution in [2.24, 2.45) is 0 Å². The van der Waals surface area contributed by atoms with Gasteiger partial charge in [0, 0.05) is 66.4 Å². The number of rotatable bonds is 9. The van der Waals surface area contributed by atoms with Gasteiger partial charge in [0.05, 0.1) is 0 Å². The summed E-state index contributed by atoms with van der Waals surface area (Å²) in [6.45, 7) is 11.4. The van der Waals surface area contributed by atoms with Crippen LogP contribution in [-0.4, -0.2) is 9.55 Å². The number of fused-ring (bicyclic) bond motifs is 4. The number of nitrogens with zero attached hydrogens (tertiary/aromatic N) is 4. The van der Waals surface area contributed by atoms with E-state index in [2.05, 4.69) is 261 Å². The Morgan fingerprint density at radius 3 is 1.75 bits per heavy atom. The summed E-state index contributed by atoms with van der Waals surface area (Å²) >= 11 is 0. The average molecular weight is 1020 g/mol. The van der Waals surface area contributed by atoms with Crippen molar-refractivity contribution in [2.45, 2.75) is 38.5 Å². The molecule has 2 aromatic heterocycles. The molecule has 0 atom stereocenters. The summed E-state index contributed by atoms with van der Waals surface area (Å²) in [5, 5.41) is 2.33. The van der Waals surface area contributed by atoms with E-state index in [1.54, 1.807) is 0 Å². The second-order valence-electron chi connectivity index (χ2n) is 17.7. The maximum atomic E-state index is 5.01. The molecule has 10 aromatic rings. The van der Waals surface area contributed by atoms with Gasteiger partial charge in [-0.25, -0.2) is 4.98 Å². The van der Waals surface area contributed by atoms with Gasteiger partial charge in [0.25, 0.3) is 0 Å². The molecule has 0 aliphatic carbocycles. The molecule has 0 saturated heterocycles. The van der Waals surface area contributed by atoms with Crippen molar-refractivity contribution in [3.05, 3.63) is 247 Å². The number of hydrogen-bond donors (Lipinski definition) is 0. The molecule has 0 N–H and O–H groups in total. The van der Waals surface area contributed by atoms with Crippen LogP contribution in [0.25, 0.3) is 49.9 Å². The molecule has 0 bridgehead atoms. The van der Waals surface area contributed by atoms with Gasteiger partial charge < -0.3 is 14.4 Å². The summed E-state index contributed by atoms with van der Waals surface area (Å²) in [6, 6.07) is 79.3. The predicted octanol–water partition coefficient (Wildman–Crippen LogP) is 15.2. The Morgan fingerprint density at radius 2 is 1.06 bits per heavy atom. The monoisotopic (exact) mass is 1020 g/mol. The van der Waals surface area contributed by atoms with E-state index in [9.17, 15) is 0 Å². The Bertz CT molecular complexity index is 3260. The van der Waals surface area contributed by atoms with E-state index in [0.29, 0.717) is 0 Å². The summed E-state index contributed by atoms with van der Waals surface area (Å²) in [6.07, 6.45) is 1.95. The molecule has 1 aliphatic heterocycles. The molecule has 8 aromatic carbocycles. The zero-order chi connectivity index (χ0) is 43.4. The third-order valence-corrected chi connectivity index (χ3v) is 13.2. The van der Waals surface area contributed by atoms with E-state index < -0.39 is 5.41 Å². The van der Waals surface area contributed by atoms with E-state index in [-0.39, 0.29) is 26.5 Å². The molecule has 5 heteroatoms. The van der Waals surface area contributed by atoms with Gasteiger partial charge in [0.2, 0.25) is 0 Å². The molecule has 65 heavy (non-hydrogen) atoms. The Kier molecular flexibility index (Phi) is 10.9. The van der Waals surface area contributed by atoms with Gasteiger partial charge in [-0.3, -0.25) is 0 Å². The van der Waals surface area contributed by atoms with Gasteiger partial charge in [0.15, 0.2) is 0 Å². The van der Waals surface area contributed by atoms with E-state index in [0.717, 1.165) is 56.1 Å². The summed E-state index contributed by atoms with van der Waals surface area (Å²) < 4.78 is 2.29. The molecule has 0 saturated carbocycles. The summed E-state index contributed by atoms with van der Waals surface area (Å²) in [5.41, 5.74) is 15.1. The molecule has 11 rings (SSSR count). The third kappa shape index (κ3) is 7.27. The zero-order valence-electron chi connectivity index (χ0n) is 36.8. The molecule has 4 nitrogen and oxygen atoms in total. The van der Waals surface area contributed by atoms with Crippen LogP contribution in [0.2, 0.25) is 0 Å². The summed E-state index contributed by atoms with van der Waals surface area (Å²) in [4.78, 5) is 9.65. The minimum Gasteiger partial charge on any atom is -0.493 e. The molecule has 0 fully saturated rings. The first-order valence-electron chi connectivity index (χ1n) is 22.0. The Labute approximate surface area is 396 Å². The Hall–Kier alpha value is -7.00. The third-order valence-electron chi connectivity index (χ3n) is 13.2. The number of para-hydroxylation sites is 4. The van der Waals surface area contributed by atoms with Crippen LogP contribution in [-0.2, 0) is 31.9 Å². The van der Waals surface area contributed by atoms with Crippen molar-refractivity contribution in [1.82, 2.24) is 9.55 Å². The van der Waals surface area contributed by atoms with Crippen LogP contribution >= 0.6 is 0 Å². The van der Waals surface area contributed by atoms with E-state index in [4.69, 9.17) is 4.98 Å². The van der Waals surface area contributed by atoms with Crippen molar-refractivity contribution < 1.29 is 21.1 Å². The second kappa shape index (κ2) is 16.8. The van der Waals surface area contributed by atoms with Gasteiger partial charge in [0.1, 0.15) is 5.82 Å². The van der Waals surface area contributed by atoms with Crippen LogP contribution in [0.1, 0.15) is 49.9 Å². The molecule has 0 amide bonds. The zero-order valence-corrected chi connectivity index (χ0v) is 39.1. The molecule has 1 aliphatic rings. The second-order valence-corrected chi connectivity index (χ2v) is 17.7. The minimum absolute atomic E-state index is 0. The fourth-order valence-electron chi connectivity index (χ4n) is 9.54. The Morgan fingerprint density at radius 1 is 0.477 bits per heavy atom. The van der Waals surface area contributed by atoms with E-state index >= 15 is 0 Å². The van der Waals surface area contributed by atoms with Crippen molar-refractivity contribution in [1.29, 1.82) is 0 Å². The number of aromatic nitrogens is 2. The quantitative estimate of drug-likeness (QED) is 0.135. The van der Waals surface area contributed by atoms with Crippen LogP contribution in [0.4, 0.5) is 22.7 Å². The van der Waals surface area contributed by atoms with Gasteiger partial charge >= 0.3 is 0 Å². The van der Waals surface area contributed by atoms with Crippen molar-refractivity contribution >= 4 is 44.6 Å². The van der Waals surface area contributed by atoms with Crippen LogP contribution in [0, 0.1) is 18.8 Å². The SMILES string of the molecule is CC(C)(c1[c-]c(N2[CH-]N(c3c(-c4ccccc4)cccc3-c3ccccc3)c3ccccc32)ccc1)c1[c-]c2c(cc1)c1ccccc1n2-c1cc(C(C)(C)c2ccccc2)ccn1.[Pt]. The van der Waals surface area contributed by atoms with Crippen LogP contribution in [0.3, 0.4) is 0 Å². The van der Waals surface area contributed by atoms with Crippen LogP contribution in [0.15, 0.2) is 206 Å². The maximum Gasteiger partial charge on any atom is 0.135 e. The molecule has 0 unspecified atom stereocenters. The molecule has 0 radical (unpaired) electrons. The number of pyridine rings is 1. The van der Waals surface area contributed by atoms with Gasteiger partial charge in [-0.1, -0.05) is 173 Å². The first-order valence-corrected chi connectivity index (χ1v) is 22.0. The van der Waals surface area contributed by atoms with Crippen molar-refractivity contribution in [3.8, 4) is 28.1 Å². The first-order chi connectivity index (χ1) is 31.3. The van der Waals surface area contributed by atoms with Gasteiger partial charge in [-0.2, -0.15) is 53.6 Å². The van der Waals surface area contributed by atoms with Gasteiger partial charge in [-0.15, -0.1) is 17.7 Å². The maximum absolute atomic E-state index is 5.01. The summed E-state index contributed by atoms with van der Waals surface area (Å²) in [5.74, 6) is 0.879. The number of hydrogen-bond acceptors (Lipinski definition) is 3. The molecule has 3 heterocycles. The number of benzene rings is 8. The van der Waals surface area contributed by atoms with Gasteiger partial charge in [-0.05, 0) is 63.4 Å². The van der Waals surface area contributed by atoms with Crippen LogP contribution in [0.5, 0.6) is 0 Å². The fourth-order valence-corrected chi connectivity index (χ4v) is 9.54. The first kappa shape index (κ1) is 42.0. The predicted molar refractivity (Wildman–Crippen MR) is 266 cm³/mol.